The van der Waals surface area contributed by atoms with Gasteiger partial charge in [-0.15, -0.1) is 0 Å². The zero-order valence-electron chi connectivity index (χ0n) is 10.5. The summed E-state index contributed by atoms with van der Waals surface area (Å²) in [7, 11) is 0. The first-order valence-corrected chi connectivity index (χ1v) is 6.51. The topological polar surface area (TPSA) is 67.8 Å². The fraction of sp³-hybridized carbons (Fsp3) is 0.500. The maximum atomic E-state index is 8.74. The lowest BCUT2D eigenvalue weighted by Gasteiger charge is -2.22. The molecule has 1 saturated carbocycles. The number of ether oxygens (including phenoxy) is 1. The van der Waals surface area contributed by atoms with E-state index >= 15 is 0 Å². The highest BCUT2D eigenvalue weighted by Gasteiger charge is 2.15. The van der Waals surface area contributed by atoms with Crippen molar-refractivity contribution in [2.24, 2.45) is 16.8 Å². The summed E-state index contributed by atoms with van der Waals surface area (Å²) in [5.41, 5.74) is 6.27. The monoisotopic (exact) mass is 248 g/mol. The van der Waals surface area contributed by atoms with Gasteiger partial charge in [-0.1, -0.05) is 36.6 Å². The van der Waals surface area contributed by atoms with E-state index in [-0.39, 0.29) is 5.84 Å². The Balaban J connectivity index is 2.00. The van der Waals surface area contributed by atoms with Crippen LogP contribution in [0.1, 0.15) is 37.7 Å². The van der Waals surface area contributed by atoms with Gasteiger partial charge in [0.05, 0.1) is 12.2 Å². The van der Waals surface area contributed by atoms with Gasteiger partial charge in [0.15, 0.2) is 5.84 Å². The molecule has 1 aliphatic carbocycles. The van der Waals surface area contributed by atoms with Crippen molar-refractivity contribution in [1.29, 1.82) is 0 Å². The van der Waals surface area contributed by atoms with Gasteiger partial charge in [-0.2, -0.15) is 0 Å². The van der Waals surface area contributed by atoms with Crippen LogP contribution < -0.4 is 10.5 Å². The Morgan fingerprint density at radius 2 is 2.00 bits per heavy atom. The lowest BCUT2D eigenvalue weighted by atomic mass is 9.90. The van der Waals surface area contributed by atoms with Crippen LogP contribution in [0.3, 0.4) is 0 Å². The second kappa shape index (κ2) is 6.28. The minimum Gasteiger partial charge on any atom is -0.493 e. The molecule has 1 aromatic rings. The standard InChI is InChI=1S/C14H20N2O2/c15-14(16-17)12-8-4-5-9-13(12)18-10-11-6-2-1-3-7-11/h4-5,8-9,11,17H,1-3,6-7,10H2,(H2,15,16). The molecule has 1 aromatic carbocycles. The lowest BCUT2D eigenvalue weighted by molar-refractivity contribution is 0.208. The molecule has 2 rings (SSSR count). The summed E-state index contributed by atoms with van der Waals surface area (Å²) in [6.45, 7) is 0.718. The van der Waals surface area contributed by atoms with Gasteiger partial charge in [0.25, 0.3) is 0 Å². The first-order chi connectivity index (χ1) is 8.81. The molecule has 0 amide bonds. The third-order valence-corrected chi connectivity index (χ3v) is 3.47. The molecule has 0 bridgehead atoms. The van der Waals surface area contributed by atoms with Crippen molar-refractivity contribution in [2.75, 3.05) is 6.61 Å². The van der Waals surface area contributed by atoms with Gasteiger partial charge in [-0.25, -0.2) is 0 Å². The predicted molar refractivity (Wildman–Crippen MR) is 71.0 cm³/mol. The van der Waals surface area contributed by atoms with E-state index in [2.05, 4.69) is 5.16 Å². The molecule has 0 atom stereocenters. The molecule has 0 saturated heterocycles. The predicted octanol–water partition coefficient (Wildman–Crippen LogP) is 2.74. The molecule has 0 spiro atoms. The molecule has 1 aliphatic rings. The third kappa shape index (κ3) is 3.15. The molecule has 4 heteroatoms. The highest BCUT2D eigenvalue weighted by atomic mass is 16.5. The molecule has 0 unspecified atom stereocenters. The fourth-order valence-electron chi connectivity index (χ4n) is 2.42. The highest BCUT2D eigenvalue weighted by Crippen LogP contribution is 2.25. The van der Waals surface area contributed by atoms with Crippen molar-refractivity contribution < 1.29 is 9.94 Å². The quantitative estimate of drug-likeness (QED) is 0.372. The average Bonchev–Trinajstić information content (AvgIpc) is 2.45. The Morgan fingerprint density at radius 3 is 2.72 bits per heavy atom. The first-order valence-electron chi connectivity index (χ1n) is 6.51. The lowest BCUT2D eigenvalue weighted by Crippen LogP contribution is -2.18. The van der Waals surface area contributed by atoms with Crippen LogP contribution >= 0.6 is 0 Å². The average molecular weight is 248 g/mol. The molecule has 3 N–H and O–H groups in total. The van der Waals surface area contributed by atoms with E-state index in [1.54, 1.807) is 6.07 Å². The van der Waals surface area contributed by atoms with E-state index in [1.807, 2.05) is 18.2 Å². The zero-order valence-corrected chi connectivity index (χ0v) is 10.5. The molecule has 0 heterocycles. The normalized spacial score (nSPS) is 17.7. The number of hydrogen-bond donors (Lipinski definition) is 2. The number of para-hydroxylation sites is 1. The number of nitrogens with two attached hydrogens (primary N) is 1. The second-order valence-electron chi connectivity index (χ2n) is 4.80. The maximum absolute atomic E-state index is 8.74. The molecule has 1 fully saturated rings. The van der Waals surface area contributed by atoms with Gasteiger partial charge >= 0.3 is 0 Å². The van der Waals surface area contributed by atoms with E-state index in [1.165, 1.54) is 32.1 Å². The van der Waals surface area contributed by atoms with Crippen LogP contribution in [0.25, 0.3) is 0 Å². The van der Waals surface area contributed by atoms with Crippen molar-refractivity contribution >= 4 is 5.84 Å². The van der Waals surface area contributed by atoms with E-state index in [9.17, 15) is 0 Å². The number of hydrogen-bond acceptors (Lipinski definition) is 3. The summed E-state index contributed by atoms with van der Waals surface area (Å²) in [5, 5.41) is 11.8. The highest BCUT2D eigenvalue weighted by molar-refractivity contribution is 5.99. The first kappa shape index (κ1) is 12.7. The smallest absolute Gasteiger partial charge is 0.173 e. The third-order valence-electron chi connectivity index (χ3n) is 3.47. The molecule has 0 radical (unpaired) electrons. The molecule has 0 aliphatic heterocycles. The van der Waals surface area contributed by atoms with Crippen molar-refractivity contribution in [3.63, 3.8) is 0 Å². The van der Waals surface area contributed by atoms with Crippen LogP contribution in [0.15, 0.2) is 29.4 Å². The number of rotatable bonds is 4. The van der Waals surface area contributed by atoms with E-state index in [4.69, 9.17) is 15.7 Å². The Kier molecular flexibility index (Phi) is 4.45. The van der Waals surface area contributed by atoms with Gasteiger partial charge in [0, 0.05) is 0 Å². The summed E-state index contributed by atoms with van der Waals surface area (Å²) in [4.78, 5) is 0. The van der Waals surface area contributed by atoms with Crippen LogP contribution in [0.4, 0.5) is 0 Å². The van der Waals surface area contributed by atoms with Crippen molar-refractivity contribution in [1.82, 2.24) is 0 Å². The number of benzene rings is 1. The Labute approximate surface area is 107 Å². The van der Waals surface area contributed by atoms with Crippen molar-refractivity contribution in [3.8, 4) is 5.75 Å². The Hall–Kier alpha value is -1.71. The van der Waals surface area contributed by atoms with Gasteiger partial charge in [-0.3, -0.25) is 0 Å². The molecule has 98 valence electrons. The number of nitrogens with zero attached hydrogens (tertiary/aromatic N) is 1. The largest absolute Gasteiger partial charge is 0.493 e. The molecular weight excluding hydrogens is 228 g/mol. The van der Waals surface area contributed by atoms with Gasteiger partial charge in [0.1, 0.15) is 5.75 Å². The maximum Gasteiger partial charge on any atom is 0.173 e. The molecule has 18 heavy (non-hydrogen) atoms. The Bertz CT molecular complexity index is 412. The van der Waals surface area contributed by atoms with Gasteiger partial charge in [0.2, 0.25) is 0 Å². The SMILES string of the molecule is N/C(=N/O)c1ccccc1OCC1CCCCC1. The summed E-state index contributed by atoms with van der Waals surface area (Å²) in [6, 6.07) is 7.40. The van der Waals surface area contributed by atoms with E-state index in [0.29, 0.717) is 17.2 Å². The molecular formula is C14H20N2O2. The van der Waals surface area contributed by atoms with Crippen molar-refractivity contribution in [3.05, 3.63) is 29.8 Å². The van der Waals surface area contributed by atoms with Crippen molar-refractivity contribution in [2.45, 2.75) is 32.1 Å². The van der Waals surface area contributed by atoms with Crippen LogP contribution in [-0.2, 0) is 0 Å². The second-order valence-corrected chi connectivity index (χ2v) is 4.80. The summed E-state index contributed by atoms with van der Waals surface area (Å²) >= 11 is 0. The number of oxime groups is 1. The van der Waals surface area contributed by atoms with Gasteiger partial charge in [-0.05, 0) is 30.9 Å². The van der Waals surface area contributed by atoms with Crippen LogP contribution in [0.5, 0.6) is 5.75 Å². The van der Waals surface area contributed by atoms with E-state index in [0.717, 1.165) is 6.61 Å². The van der Waals surface area contributed by atoms with Crippen LogP contribution in [0, 0.1) is 5.92 Å². The van der Waals surface area contributed by atoms with Crippen LogP contribution in [0.2, 0.25) is 0 Å². The zero-order chi connectivity index (χ0) is 12.8. The van der Waals surface area contributed by atoms with E-state index < -0.39 is 0 Å². The fourth-order valence-corrected chi connectivity index (χ4v) is 2.42. The minimum absolute atomic E-state index is 0.0919. The summed E-state index contributed by atoms with van der Waals surface area (Å²) in [5.74, 6) is 1.42. The molecule has 4 nitrogen and oxygen atoms in total. The van der Waals surface area contributed by atoms with Crippen LogP contribution in [-0.4, -0.2) is 17.6 Å². The molecule has 0 aromatic heterocycles. The number of amidine groups is 1. The van der Waals surface area contributed by atoms with Gasteiger partial charge < -0.3 is 15.7 Å². The summed E-state index contributed by atoms with van der Waals surface area (Å²) < 4.78 is 5.83. The summed E-state index contributed by atoms with van der Waals surface area (Å²) in [6.07, 6.45) is 6.43. The minimum atomic E-state index is 0.0919. The Morgan fingerprint density at radius 1 is 1.28 bits per heavy atom.